The molecule has 4 N–H and O–H groups in total. The number of aliphatic hydroxyl groups is 1. The number of aliphatic hydroxyl groups excluding tert-OH is 1. The second-order valence-electron chi connectivity index (χ2n) is 13.8. The standard InChI is InChI=1S/C45H74NO10P/c1-3-5-7-9-11-13-15-17-19-21-22-24-26-28-30-32-34-36-43(48)46-42(45(50)51)40-56-57(52,53)55-39-41(47)38-54-44(49)37-35-33-31-29-27-25-23-20-18-16-14-12-10-8-6-4-2/h5,7,11,13-14,16-17,19-20,22-24,28,30,41-42,47H,3-4,6,8-10,12,15,18,21,25-27,29,31-40H2,1-2H3,(H,46,48)(H,50,51)(H,52,53)/b7-5-,13-11-,16-14-,19-17-,23-20-,24-22-,30-28-. The summed E-state index contributed by atoms with van der Waals surface area (Å²) in [6.07, 6.45) is 47.6. The van der Waals surface area contributed by atoms with Crippen LogP contribution in [0.15, 0.2) is 85.1 Å². The van der Waals surface area contributed by atoms with Gasteiger partial charge in [-0.1, -0.05) is 137 Å². The maximum absolute atomic E-state index is 12.3. The van der Waals surface area contributed by atoms with E-state index >= 15 is 0 Å². The first-order valence-electron chi connectivity index (χ1n) is 21.1. The number of carbonyl (C=O) groups excluding carboxylic acids is 2. The van der Waals surface area contributed by atoms with Gasteiger partial charge in [0.05, 0.1) is 13.2 Å². The average Bonchev–Trinajstić information content (AvgIpc) is 3.18. The molecule has 12 heteroatoms. The highest BCUT2D eigenvalue weighted by Crippen LogP contribution is 2.43. The predicted octanol–water partition coefficient (Wildman–Crippen LogP) is 10.7. The Kier molecular flexibility index (Phi) is 37.2. The van der Waals surface area contributed by atoms with Crippen LogP contribution < -0.4 is 5.32 Å². The number of ether oxygens (including phenoxy) is 1. The number of rotatable bonds is 38. The minimum Gasteiger partial charge on any atom is -0.480 e. The Morgan fingerprint density at radius 3 is 1.56 bits per heavy atom. The number of nitrogens with one attached hydrogen (secondary N) is 1. The third kappa shape index (κ3) is 39.3. The van der Waals surface area contributed by atoms with Crippen LogP contribution in [0.2, 0.25) is 0 Å². The van der Waals surface area contributed by atoms with Gasteiger partial charge >= 0.3 is 19.8 Å². The van der Waals surface area contributed by atoms with Crippen LogP contribution in [0.1, 0.15) is 149 Å². The smallest absolute Gasteiger partial charge is 0.472 e. The number of carboxylic acid groups (broad SMARTS) is 1. The predicted molar refractivity (Wildman–Crippen MR) is 231 cm³/mol. The van der Waals surface area contributed by atoms with Gasteiger partial charge in [0.15, 0.2) is 6.04 Å². The number of phosphoric acid groups is 1. The molecule has 0 aromatic carbocycles. The lowest BCUT2D eigenvalue weighted by Gasteiger charge is -2.18. The van der Waals surface area contributed by atoms with E-state index in [-0.39, 0.29) is 12.8 Å². The average molecular weight is 820 g/mol. The van der Waals surface area contributed by atoms with Crippen LogP contribution in [0.5, 0.6) is 0 Å². The van der Waals surface area contributed by atoms with Crippen molar-refractivity contribution in [2.75, 3.05) is 19.8 Å². The Morgan fingerprint density at radius 2 is 1.04 bits per heavy atom. The van der Waals surface area contributed by atoms with E-state index in [2.05, 4.69) is 92.1 Å². The zero-order valence-electron chi connectivity index (χ0n) is 34.9. The number of hydrogen-bond acceptors (Lipinski definition) is 8. The summed E-state index contributed by atoms with van der Waals surface area (Å²) in [4.78, 5) is 45.8. The Labute approximate surface area is 343 Å². The second-order valence-corrected chi connectivity index (χ2v) is 15.2. The van der Waals surface area contributed by atoms with Crippen LogP contribution in [0.25, 0.3) is 0 Å². The molecular formula is C45H74NO10P. The Hall–Kier alpha value is -3.34. The maximum atomic E-state index is 12.3. The fourth-order valence-electron chi connectivity index (χ4n) is 5.14. The highest BCUT2D eigenvalue weighted by molar-refractivity contribution is 7.47. The molecule has 0 bridgehead atoms. The number of phosphoric ester groups is 1. The van der Waals surface area contributed by atoms with Crippen molar-refractivity contribution >= 4 is 25.7 Å². The van der Waals surface area contributed by atoms with E-state index in [9.17, 15) is 34.1 Å². The number of unbranched alkanes of at least 4 members (excludes halogenated alkanes) is 10. The molecular weight excluding hydrogens is 745 g/mol. The molecule has 324 valence electrons. The van der Waals surface area contributed by atoms with Crippen LogP contribution in [0.3, 0.4) is 0 Å². The number of carboxylic acids is 1. The largest absolute Gasteiger partial charge is 0.480 e. The van der Waals surface area contributed by atoms with Gasteiger partial charge in [-0.3, -0.25) is 18.6 Å². The van der Waals surface area contributed by atoms with Crippen molar-refractivity contribution in [3.63, 3.8) is 0 Å². The number of esters is 1. The summed E-state index contributed by atoms with van der Waals surface area (Å²) >= 11 is 0. The van der Waals surface area contributed by atoms with E-state index in [1.165, 1.54) is 25.7 Å². The van der Waals surface area contributed by atoms with Crippen molar-refractivity contribution < 1.29 is 47.8 Å². The molecule has 0 spiro atoms. The van der Waals surface area contributed by atoms with Crippen molar-refractivity contribution in [1.82, 2.24) is 5.32 Å². The van der Waals surface area contributed by atoms with Crippen molar-refractivity contribution in [2.24, 2.45) is 0 Å². The molecule has 11 nitrogen and oxygen atoms in total. The summed E-state index contributed by atoms with van der Waals surface area (Å²) in [5.41, 5.74) is 0. The van der Waals surface area contributed by atoms with Gasteiger partial charge in [0.25, 0.3) is 0 Å². The van der Waals surface area contributed by atoms with Crippen molar-refractivity contribution in [1.29, 1.82) is 0 Å². The normalized spacial score (nSPS) is 14.6. The molecule has 3 atom stereocenters. The summed E-state index contributed by atoms with van der Waals surface area (Å²) in [7, 11) is -4.78. The molecule has 0 heterocycles. The van der Waals surface area contributed by atoms with Gasteiger partial charge in [-0.05, 0) is 83.5 Å². The molecule has 0 aromatic rings. The first-order chi connectivity index (χ1) is 27.6. The third-order valence-corrected chi connectivity index (χ3v) is 9.37. The van der Waals surface area contributed by atoms with Gasteiger partial charge in [0.1, 0.15) is 12.7 Å². The minimum absolute atomic E-state index is 0.0614. The molecule has 57 heavy (non-hydrogen) atoms. The topological polar surface area (TPSA) is 169 Å². The summed E-state index contributed by atoms with van der Waals surface area (Å²) in [5, 5.41) is 21.8. The number of carbonyl (C=O) groups is 3. The monoisotopic (exact) mass is 820 g/mol. The lowest BCUT2D eigenvalue weighted by Crippen LogP contribution is -2.43. The Morgan fingerprint density at radius 1 is 0.579 bits per heavy atom. The van der Waals surface area contributed by atoms with Crippen LogP contribution in [0, 0.1) is 0 Å². The molecule has 0 saturated heterocycles. The SMILES string of the molecule is CC/C=C\C/C=C\C/C=C\C/C=C\C/C=C\CCCC(=O)NC(COP(=O)(O)OCC(O)COC(=O)CCCCCCC/C=C\C/C=C\CCCCCC)C(=O)O. The van der Waals surface area contributed by atoms with Gasteiger partial charge in [-0.25, -0.2) is 9.36 Å². The van der Waals surface area contributed by atoms with Gasteiger partial charge in [-0.2, -0.15) is 0 Å². The van der Waals surface area contributed by atoms with Crippen molar-refractivity contribution in [3.05, 3.63) is 85.1 Å². The number of amides is 1. The molecule has 3 unspecified atom stereocenters. The van der Waals surface area contributed by atoms with E-state index in [0.717, 1.165) is 77.0 Å². The van der Waals surface area contributed by atoms with Crippen LogP contribution in [-0.4, -0.2) is 64.9 Å². The van der Waals surface area contributed by atoms with Crippen LogP contribution >= 0.6 is 7.82 Å². The molecule has 0 aliphatic heterocycles. The van der Waals surface area contributed by atoms with E-state index in [4.69, 9.17) is 13.8 Å². The van der Waals surface area contributed by atoms with Gasteiger partial charge in [0, 0.05) is 12.8 Å². The molecule has 1 amide bonds. The first-order valence-corrected chi connectivity index (χ1v) is 22.6. The van der Waals surface area contributed by atoms with E-state index in [1.807, 2.05) is 12.2 Å². The molecule has 0 rings (SSSR count). The van der Waals surface area contributed by atoms with Gasteiger partial charge < -0.3 is 25.2 Å². The minimum atomic E-state index is -4.78. The Balaban J connectivity index is 4.04. The number of aliphatic carboxylic acids is 1. The fraction of sp³-hybridized carbons (Fsp3) is 0.622. The van der Waals surface area contributed by atoms with Crippen LogP contribution in [-0.2, 0) is 32.7 Å². The molecule has 0 aliphatic rings. The van der Waals surface area contributed by atoms with Crippen molar-refractivity contribution in [2.45, 2.75) is 161 Å². The second kappa shape index (κ2) is 39.5. The number of hydrogen-bond donors (Lipinski definition) is 4. The summed E-state index contributed by atoms with van der Waals surface area (Å²) in [6, 6.07) is -1.58. The van der Waals surface area contributed by atoms with Crippen molar-refractivity contribution in [3.8, 4) is 0 Å². The highest BCUT2D eigenvalue weighted by atomic mass is 31.2. The van der Waals surface area contributed by atoms with Crippen LogP contribution in [0.4, 0.5) is 0 Å². The first kappa shape index (κ1) is 53.7. The molecule has 0 radical (unpaired) electrons. The Bertz CT molecular complexity index is 1290. The zero-order chi connectivity index (χ0) is 42.1. The zero-order valence-corrected chi connectivity index (χ0v) is 35.7. The van der Waals surface area contributed by atoms with Gasteiger partial charge in [0.2, 0.25) is 5.91 Å². The van der Waals surface area contributed by atoms with E-state index in [1.54, 1.807) is 0 Å². The number of allylic oxidation sites excluding steroid dienone is 14. The van der Waals surface area contributed by atoms with E-state index < -0.39 is 57.6 Å². The lowest BCUT2D eigenvalue weighted by atomic mass is 10.1. The highest BCUT2D eigenvalue weighted by Gasteiger charge is 2.28. The lowest BCUT2D eigenvalue weighted by molar-refractivity contribution is -0.147. The summed E-state index contributed by atoms with van der Waals surface area (Å²) in [5.74, 6) is -2.48. The molecule has 0 aromatic heterocycles. The van der Waals surface area contributed by atoms with E-state index in [0.29, 0.717) is 19.3 Å². The quantitative estimate of drug-likeness (QED) is 0.0204. The fourth-order valence-corrected chi connectivity index (χ4v) is 5.92. The molecule has 0 fully saturated rings. The maximum Gasteiger partial charge on any atom is 0.472 e. The molecule has 0 aliphatic carbocycles. The molecule has 0 saturated carbocycles. The van der Waals surface area contributed by atoms with Gasteiger partial charge in [-0.15, -0.1) is 0 Å². The summed E-state index contributed by atoms with van der Waals surface area (Å²) < 4.78 is 26.8. The third-order valence-electron chi connectivity index (χ3n) is 8.42. The summed E-state index contributed by atoms with van der Waals surface area (Å²) in [6.45, 7) is 2.38.